The Hall–Kier alpha value is -2.23. The van der Waals surface area contributed by atoms with Crippen LogP contribution in [0.15, 0.2) is 48.8 Å². The standard InChI is InChI=1S/C20H23FN2O/c21-19-4-1-16(2-5-19)3-6-20(24)23-13-9-18(10-14-23)15-17-7-11-22-12-8-17/h1-2,4-5,7-8,11-12,18H,3,6,9-10,13-15H2. The quantitative estimate of drug-likeness (QED) is 0.840. The van der Waals surface area contributed by atoms with Gasteiger partial charge in [-0.3, -0.25) is 9.78 Å². The monoisotopic (exact) mass is 326 g/mol. The number of benzene rings is 1. The Morgan fingerprint density at radius 2 is 1.71 bits per heavy atom. The van der Waals surface area contributed by atoms with Gasteiger partial charge in [0.25, 0.3) is 0 Å². The number of halogens is 1. The predicted molar refractivity (Wildman–Crippen MR) is 92.0 cm³/mol. The zero-order valence-corrected chi connectivity index (χ0v) is 13.8. The number of aromatic nitrogens is 1. The molecule has 0 atom stereocenters. The van der Waals surface area contributed by atoms with Crippen molar-refractivity contribution in [2.24, 2.45) is 5.92 Å². The largest absolute Gasteiger partial charge is 0.343 e. The Balaban J connectivity index is 1.42. The van der Waals surface area contributed by atoms with Gasteiger partial charge in [-0.15, -0.1) is 0 Å². The van der Waals surface area contributed by atoms with Crippen molar-refractivity contribution in [2.45, 2.75) is 32.1 Å². The van der Waals surface area contributed by atoms with Crippen LogP contribution in [0.25, 0.3) is 0 Å². The zero-order chi connectivity index (χ0) is 16.8. The van der Waals surface area contributed by atoms with Crippen molar-refractivity contribution in [3.8, 4) is 0 Å². The van der Waals surface area contributed by atoms with E-state index in [0.717, 1.165) is 37.9 Å². The first-order valence-electron chi connectivity index (χ1n) is 8.62. The number of hydrogen-bond donors (Lipinski definition) is 0. The number of hydrogen-bond acceptors (Lipinski definition) is 2. The van der Waals surface area contributed by atoms with E-state index in [1.54, 1.807) is 12.1 Å². The number of pyridine rings is 1. The first-order chi connectivity index (χ1) is 11.7. The van der Waals surface area contributed by atoms with Crippen molar-refractivity contribution >= 4 is 5.91 Å². The molecule has 1 amide bonds. The van der Waals surface area contributed by atoms with Crippen LogP contribution in [0.4, 0.5) is 4.39 Å². The third-order valence-electron chi connectivity index (χ3n) is 4.78. The second-order valence-electron chi connectivity index (χ2n) is 6.51. The van der Waals surface area contributed by atoms with E-state index in [-0.39, 0.29) is 11.7 Å². The molecule has 1 aliphatic rings. The van der Waals surface area contributed by atoms with Crippen LogP contribution in [0.3, 0.4) is 0 Å². The average Bonchev–Trinajstić information content (AvgIpc) is 2.62. The van der Waals surface area contributed by atoms with Crippen LogP contribution in [0.1, 0.15) is 30.4 Å². The number of amides is 1. The highest BCUT2D eigenvalue weighted by Gasteiger charge is 2.22. The second-order valence-corrected chi connectivity index (χ2v) is 6.51. The molecule has 1 aliphatic heterocycles. The van der Waals surface area contributed by atoms with E-state index < -0.39 is 0 Å². The molecule has 0 spiro atoms. The molecule has 3 nitrogen and oxygen atoms in total. The van der Waals surface area contributed by atoms with Crippen molar-refractivity contribution < 1.29 is 9.18 Å². The molecule has 126 valence electrons. The van der Waals surface area contributed by atoms with Crippen molar-refractivity contribution in [1.82, 2.24) is 9.88 Å². The van der Waals surface area contributed by atoms with Crippen molar-refractivity contribution in [3.05, 3.63) is 65.7 Å². The highest BCUT2D eigenvalue weighted by Crippen LogP contribution is 2.22. The van der Waals surface area contributed by atoms with Gasteiger partial charge in [0, 0.05) is 31.9 Å². The van der Waals surface area contributed by atoms with Crippen LogP contribution in [-0.4, -0.2) is 28.9 Å². The first-order valence-corrected chi connectivity index (χ1v) is 8.62. The molecule has 0 aliphatic carbocycles. The predicted octanol–water partition coefficient (Wildman–Crippen LogP) is 3.63. The molecule has 2 heterocycles. The molecule has 1 aromatic carbocycles. The van der Waals surface area contributed by atoms with Crippen LogP contribution in [0, 0.1) is 11.7 Å². The number of aryl methyl sites for hydroxylation is 1. The molecule has 0 saturated carbocycles. The molecule has 1 fully saturated rings. The van der Waals surface area contributed by atoms with E-state index in [2.05, 4.69) is 17.1 Å². The van der Waals surface area contributed by atoms with Gasteiger partial charge in [-0.1, -0.05) is 12.1 Å². The fourth-order valence-electron chi connectivity index (χ4n) is 3.30. The molecule has 4 heteroatoms. The van der Waals surface area contributed by atoms with Gasteiger partial charge >= 0.3 is 0 Å². The summed E-state index contributed by atoms with van der Waals surface area (Å²) in [5.74, 6) is 0.622. The molecular formula is C20H23FN2O. The highest BCUT2D eigenvalue weighted by atomic mass is 19.1. The number of likely N-dealkylation sites (tertiary alicyclic amines) is 1. The minimum atomic E-state index is -0.235. The summed E-state index contributed by atoms with van der Waals surface area (Å²) >= 11 is 0. The van der Waals surface area contributed by atoms with Gasteiger partial charge in [0.1, 0.15) is 5.82 Å². The molecule has 24 heavy (non-hydrogen) atoms. The number of rotatable bonds is 5. The van der Waals surface area contributed by atoms with Gasteiger partial charge in [-0.05, 0) is 67.0 Å². The fourth-order valence-corrected chi connectivity index (χ4v) is 3.30. The van der Waals surface area contributed by atoms with E-state index in [4.69, 9.17) is 0 Å². The third-order valence-corrected chi connectivity index (χ3v) is 4.78. The van der Waals surface area contributed by atoms with Gasteiger partial charge in [0.15, 0.2) is 0 Å². The van der Waals surface area contributed by atoms with Gasteiger partial charge in [-0.25, -0.2) is 4.39 Å². The highest BCUT2D eigenvalue weighted by molar-refractivity contribution is 5.76. The van der Waals surface area contributed by atoms with Crippen LogP contribution in [-0.2, 0) is 17.6 Å². The Kier molecular flexibility index (Phi) is 5.57. The molecular weight excluding hydrogens is 303 g/mol. The Morgan fingerprint density at radius 1 is 1.04 bits per heavy atom. The maximum atomic E-state index is 12.9. The minimum absolute atomic E-state index is 0.210. The first kappa shape index (κ1) is 16.6. The van der Waals surface area contributed by atoms with Gasteiger partial charge in [-0.2, -0.15) is 0 Å². The zero-order valence-electron chi connectivity index (χ0n) is 13.8. The third kappa shape index (κ3) is 4.63. The van der Waals surface area contributed by atoms with Gasteiger partial charge in [0.05, 0.1) is 0 Å². The summed E-state index contributed by atoms with van der Waals surface area (Å²) in [6.45, 7) is 1.69. The molecule has 1 saturated heterocycles. The average molecular weight is 326 g/mol. The molecule has 0 bridgehead atoms. The molecule has 0 N–H and O–H groups in total. The van der Waals surface area contributed by atoms with E-state index in [1.807, 2.05) is 17.3 Å². The summed E-state index contributed by atoms with van der Waals surface area (Å²) in [6.07, 6.45) is 8.04. The molecule has 0 unspecified atom stereocenters. The van der Waals surface area contributed by atoms with Crippen LogP contribution in [0.2, 0.25) is 0 Å². The van der Waals surface area contributed by atoms with E-state index in [9.17, 15) is 9.18 Å². The normalized spacial score (nSPS) is 15.5. The Labute approximate surface area is 142 Å². The molecule has 1 aromatic heterocycles. The van der Waals surface area contributed by atoms with Crippen molar-refractivity contribution in [2.75, 3.05) is 13.1 Å². The van der Waals surface area contributed by atoms with Crippen molar-refractivity contribution in [3.63, 3.8) is 0 Å². The summed E-state index contributed by atoms with van der Waals surface area (Å²) in [5.41, 5.74) is 2.34. The maximum Gasteiger partial charge on any atom is 0.222 e. The van der Waals surface area contributed by atoms with Gasteiger partial charge in [0.2, 0.25) is 5.91 Å². The van der Waals surface area contributed by atoms with E-state index >= 15 is 0 Å². The smallest absolute Gasteiger partial charge is 0.222 e. The second kappa shape index (κ2) is 8.04. The van der Waals surface area contributed by atoms with Crippen LogP contribution in [0.5, 0.6) is 0 Å². The number of nitrogens with zero attached hydrogens (tertiary/aromatic N) is 2. The fraction of sp³-hybridized carbons (Fsp3) is 0.400. The topological polar surface area (TPSA) is 33.2 Å². The summed E-state index contributed by atoms with van der Waals surface area (Å²) in [4.78, 5) is 18.4. The number of piperidine rings is 1. The van der Waals surface area contributed by atoms with Gasteiger partial charge < -0.3 is 4.90 Å². The lowest BCUT2D eigenvalue weighted by Crippen LogP contribution is -2.39. The molecule has 3 rings (SSSR count). The molecule has 0 radical (unpaired) electrons. The van der Waals surface area contributed by atoms with E-state index in [0.29, 0.717) is 18.8 Å². The van der Waals surface area contributed by atoms with Crippen LogP contribution >= 0.6 is 0 Å². The maximum absolute atomic E-state index is 12.9. The summed E-state index contributed by atoms with van der Waals surface area (Å²) in [7, 11) is 0. The summed E-state index contributed by atoms with van der Waals surface area (Å²) in [5, 5.41) is 0. The number of carbonyl (C=O) groups excluding carboxylic acids is 1. The minimum Gasteiger partial charge on any atom is -0.343 e. The van der Waals surface area contributed by atoms with Crippen molar-refractivity contribution in [1.29, 1.82) is 0 Å². The Bertz CT molecular complexity index is 649. The Morgan fingerprint density at radius 3 is 2.38 bits per heavy atom. The summed E-state index contributed by atoms with van der Waals surface area (Å²) in [6, 6.07) is 10.5. The lowest BCUT2D eigenvalue weighted by molar-refractivity contribution is -0.132. The lowest BCUT2D eigenvalue weighted by Gasteiger charge is -2.32. The van der Waals surface area contributed by atoms with Crippen LogP contribution < -0.4 is 0 Å². The summed E-state index contributed by atoms with van der Waals surface area (Å²) < 4.78 is 12.9. The lowest BCUT2D eigenvalue weighted by atomic mass is 9.90. The SMILES string of the molecule is O=C(CCc1ccc(F)cc1)N1CCC(Cc2ccncc2)CC1. The molecule has 2 aromatic rings. The number of carbonyl (C=O) groups is 1. The van der Waals surface area contributed by atoms with E-state index in [1.165, 1.54) is 17.7 Å².